The molecule has 2 N–H and O–H groups in total. The van der Waals surface area contributed by atoms with E-state index in [-0.39, 0.29) is 29.7 Å². The number of aromatic nitrogens is 3. The van der Waals surface area contributed by atoms with Gasteiger partial charge in [0, 0.05) is 45.8 Å². The van der Waals surface area contributed by atoms with Gasteiger partial charge in [0.05, 0.1) is 6.10 Å². The van der Waals surface area contributed by atoms with E-state index < -0.39 is 0 Å². The fourth-order valence-electron chi connectivity index (χ4n) is 4.11. The highest BCUT2D eigenvalue weighted by molar-refractivity contribution is 14.0. The molecule has 0 unspecified atom stereocenters. The number of fused-ring (bicyclic) bond motifs is 1. The van der Waals surface area contributed by atoms with Crippen LogP contribution in [-0.2, 0) is 24.2 Å². The fraction of sp³-hybridized carbons (Fsp3) is 0.857. The average Bonchev–Trinajstić information content (AvgIpc) is 3.07. The SMILES string of the molecule is CCNC(=NCCCn1nc2n(c1=O)CCCC2)NCCCOC1CCCCC1.I. The third-order valence-electron chi connectivity index (χ3n) is 5.69. The topological polar surface area (TPSA) is 85.5 Å². The Bertz CT molecular complexity index is 696. The Morgan fingerprint density at radius 2 is 2.00 bits per heavy atom. The molecule has 1 aliphatic carbocycles. The van der Waals surface area contributed by atoms with Crippen molar-refractivity contribution in [1.29, 1.82) is 0 Å². The Kier molecular flexibility index (Phi) is 11.8. The van der Waals surface area contributed by atoms with Crippen molar-refractivity contribution in [2.45, 2.75) is 90.3 Å². The maximum atomic E-state index is 12.4. The van der Waals surface area contributed by atoms with Gasteiger partial charge in [-0.2, -0.15) is 5.10 Å². The summed E-state index contributed by atoms with van der Waals surface area (Å²) in [6.45, 7) is 6.66. The van der Waals surface area contributed by atoms with Crippen LogP contribution in [-0.4, -0.2) is 52.7 Å². The zero-order valence-corrected chi connectivity index (χ0v) is 20.7. The van der Waals surface area contributed by atoms with Crippen LogP contribution in [0.4, 0.5) is 0 Å². The maximum Gasteiger partial charge on any atom is 0.345 e. The first-order valence-corrected chi connectivity index (χ1v) is 11.6. The number of aryl methyl sites for hydroxylation is 2. The number of nitrogens with zero attached hydrogens (tertiary/aromatic N) is 4. The summed E-state index contributed by atoms with van der Waals surface area (Å²) in [6, 6.07) is 0. The molecule has 172 valence electrons. The van der Waals surface area contributed by atoms with Crippen molar-refractivity contribution in [1.82, 2.24) is 25.0 Å². The number of halogens is 1. The summed E-state index contributed by atoms with van der Waals surface area (Å²) in [4.78, 5) is 17.0. The molecule has 0 aromatic carbocycles. The molecule has 1 aromatic rings. The Morgan fingerprint density at radius 3 is 2.77 bits per heavy atom. The number of hydrogen-bond donors (Lipinski definition) is 2. The third-order valence-corrected chi connectivity index (χ3v) is 5.69. The molecule has 0 saturated heterocycles. The first-order chi connectivity index (χ1) is 14.3. The van der Waals surface area contributed by atoms with Crippen molar-refractivity contribution in [3.63, 3.8) is 0 Å². The molecule has 9 heteroatoms. The predicted octanol–water partition coefficient (Wildman–Crippen LogP) is 2.68. The molecule has 0 bridgehead atoms. The second-order valence-electron chi connectivity index (χ2n) is 8.06. The van der Waals surface area contributed by atoms with Crippen LogP contribution in [0.3, 0.4) is 0 Å². The zero-order chi connectivity index (χ0) is 20.3. The molecular formula is C21H39IN6O2. The van der Waals surface area contributed by atoms with E-state index in [9.17, 15) is 4.79 Å². The number of guanidine groups is 1. The number of nitrogens with one attached hydrogen (secondary N) is 2. The molecule has 2 aliphatic rings. The molecule has 3 rings (SSSR count). The second kappa shape index (κ2) is 14.1. The van der Waals surface area contributed by atoms with Crippen LogP contribution in [0.25, 0.3) is 0 Å². The van der Waals surface area contributed by atoms with E-state index >= 15 is 0 Å². The molecule has 0 atom stereocenters. The smallest absolute Gasteiger partial charge is 0.345 e. The standard InChI is InChI=1S/C21H38N6O2.HI/c1-2-22-20(24-14-9-17-29-18-10-4-3-5-11-18)23-13-8-16-27-21(28)26-15-7-6-12-19(26)25-27;/h18H,2-17H2,1H3,(H2,22,23,24);1H. The summed E-state index contributed by atoms with van der Waals surface area (Å²) >= 11 is 0. The van der Waals surface area contributed by atoms with Gasteiger partial charge >= 0.3 is 5.69 Å². The molecule has 0 spiro atoms. The summed E-state index contributed by atoms with van der Waals surface area (Å²) in [5, 5.41) is 11.1. The van der Waals surface area contributed by atoms with Crippen LogP contribution in [0.2, 0.25) is 0 Å². The van der Waals surface area contributed by atoms with Crippen LogP contribution < -0.4 is 16.3 Å². The van der Waals surface area contributed by atoms with Gasteiger partial charge in [-0.25, -0.2) is 9.48 Å². The van der Waals surface area contributed by atoms with Gasteiger partial charge in [-0.05, 0) is 45.4 Å². The minimum absolute atomic E-state index is 0. The van der Waals surface area contributed by atoms with E-state index in [0.29, 0.717) is 19.2 Å². The monoisotopic (exact) mass is 534 g/mol. The number of rotatable bonds is 10. The van der Waals surface area contributed by atoms with Gasteiger partial charge in [0.25, 0.3) is 0 Å². The van der Waals surface area contributed by atoms with Gasteiger partial charge in [0.15, 0.2) is 5.96 Å². The molecule has 1 aliphatic heterocycles. The van der Waals surface area contributed by atoms with Gasteiger partial charge in [-0.3, -0.25) is 9.56 Å². The fourth-order valence-corrected chi connectivity index (χ4v) is 4.11. The van der Waals surface area contributed by atoms with Crippen molar-refractivity contribution in [2.75, 3.05) is 26.2 Å². The highest BCUT2D eigenvalue weighted by Gasteiger charge is 2.16. The van der Waals surface area contributed by atoms with Crippen molar-refractivity contribution in [2.24, 2.45) is 4.99 Å². The molecule has 1 aromatic heterocycles. The number of hydrogen-bond acceptors (Lipinski definition) is 4. The average molecular weight is 534 g/mol. The maximum absolute atomic E-state index is 12.4. The van der Waals surface area contributed by atoms with Gasteiger partial charge < -0.3 is 15.4 Å². The highest BCUT2D eigenvalue weighted by atomic mass is 127. The molecule has 8 nitrogen and oxygen atoms in total. The van der Waals surface area contributed by atoms with Crippen LogP contribution >= 0.6 is 24.0 Å². The van der Waals surface area contributed by atoms with E-state index in [1.807, 2.05) is 4.57 Å². The molecule has 30 heavy (non-hydrogen) atoms. The molecule has 1 saturated carbocycles. The minimum atomic E-state index is 0. The van der Waals surface area contributed by atoms with Crippen molar-refractivity contribution in [3.05, 3.63) is 16.3 Å². The lowest BCUT2D eigenvalue weighted by Crippen LogP contribution is -2.38. The first kappa shape index (κ1) is 25.2. The largest absolute Gasteiger partial charge is 0.378 e. The van der Waals surface area contributed by atoms with Crippen molar-refractivity contribution >= 4 is 29.9 Å². The quantitative estimate of drug-likeness (QED) is 0.209. The molecular weight excluding hydrogens is 495 g/mol. The van der Waals surface area contributed by atoms with Gasteiger partial charge in [0.1, 0.15) is 5.82 Å². The minimum Gasteiger partial charge on any atom is -0.378 e. The van der Waals surface area contributed by atoms with E-state index in [1.165, 1.54) is 32.1 Å². The van der Waals surface area contributed by atoms with Gasteiger partial charge in [-0.1, -0.05) is 19.3 Å². The third kappa shape index (κ3) is 7.86. The molecule has 1 fully saturated rings. The van der Waals surface area contributed by atoms with E-state index in [2.05, 4.69) is 27.6 Å². The van der Waals surface area contributed by atoms with Crippen LogP contribution in [0, 0.1) is 0 Å². The summed E-state index contributed by atoms with van der Waals surface area (Å²) in [7, 11) is 0. The van der Waals surface area contributed by atoms with Crippen molar-refractivity contribution < 1.29 is 4.74 Å². The highest BCUT2D eigenvalue weighted by Crippen LogP contribution is 2.20. The predicted molar refractivity (Wildman–Crippen MR) is 131 cm³/mol. The number of aliphatic imine (C=N–C) groups is 1. The first-order valence-electron chi connectivity index (χ1n) is 11.6. The molecule has 2 heterocycles. The summed E-state index contributed by atoms with van der Waals surface area (Å²) in [6.07, 6.45) is 11.8. The van der Waals surface area contributed by atoms with Gasteiger partial charge in [-0.15, -0.1) is 24.0 Å². The second-order valence-corrected chi connectivity index (χ2v) is 8.06. The summed E-state index contributed by atoms with van der Waals surface area (Å²) < 4.78 is 9.41. The molecule has 0 radical (unpaired) electrons. The lowest BCUT2D eigenvalue weighted by Gasteiger charge is -2.22. The summed E-state index contributed by atoms with van der Waals surface area (Å²) in [5.74, 6) is 1.77. The lowest BCUT2D eigenvalue weighted by atomic mass is 9.98. The molecule has 0 amide bonds. The summed E-state index contributed by atoms with van der Waals surface area (Å²) in [5.41, 5.74) is 0.0340. The zero-order valence-electron chi connectivity index (χ0n) is 18.4. The van der Waals surface area contributed by atoms with E-state index in [1.54, 1.807) is 4.68 Å². The Labute approximate surface area is 197 Å². The van der Waals surface area contributed by atoms with Crippen LogP contribution in [0.15, 0.2) is 9.79 Å². The number of ether oxygens (including phenoxy) is 1. The Balaban J connectivity index is 0.00000320. The van der Waals surface area contributed by atoms with Gasteiger partial charge in [0.2, 0.25) is 0 Å². The normalized spacial score (nSPS) is 17.3. The van der Waals surface area contributed by atoms with Crippen LogP contribution in [0.1, 0.15) is 70.5 Å². The van der Waals surface area contributed by atoms with Crippen molar-refractivity contribution in [3.8, 4) is 0 Å². The van der Waals surface area contributed by atoms with E-state index in [0.717, 1.165) is 70.1 Å². The van der Waals surface area contributed by atoms with Crippen LogP contribution in [0.5, 0.6) is 0 Å². The van der Waals surface area contributed by atoms with E-state index in [4.69, 9.17) is 4.74 Å². The Hall–Kier alpha value is -1.10. The lowest BCUT2D eigenvalue weighted by molar-refractivity contribution is 0.0277. The Morgan fingerprint density at radius 1 is 1.17 bits per heavy atom.